The molecule has 4 nitrogen and oxygen atoms in total. The Bertz CT molecular complexity index is 908. The lowest BCUT2D eigenvalue weighted by Crippen LogP contribution is -2.60. The molecule has 1 aromatic heterocycles. The van der Waals surface area contributed by atoms with Gasteiger partial charge in [0.1, 0.15) is 5.75 Å². The summed E-state index contributed by atoms with van der Waals surface area (Å²) in [5, 5.41) is 10.1. The first-order valence-corrected chi connectivity index (χ1v) is 10.1. The van der Waals surface area contributed by atoms with Gasteiger partial charge in [0, 0.05) is 37.0 Å². The molecule has 2 aliphatic carbocycles. The number of carbonyl (C=O) groups excluding carboxylic acids is 1. The topological polar surface area (TPSA) is 53.4 Å². The number of benzene rings is 1. The monoisotopic (exact) mass is 376 g/mol. The van der Waals surface area contributed by atoms with Crippen molar-refractivity contribution >= 4 is 12.0 Å². The Balaban J connectivity index is 1.67. The Hall–Kier alpha value is -2.62. The number of pyridine rings is 1. The molecule has 0 spiro atoms. The minimum atomic E-state index is -0.143. The maximum atomic E-state index is 13.0. The molecule has 0 aliphatic heterocycles. The molecule has 0 saturated heterocycles. The number of nitrogens with zero attached hydrogens (tertiary/aromatic N) is 2. The highest BCUT2D eigenvalue weighted by molar-refractivity contribution is 5.92. The minimum absolute atomic E-state index is 0.0165. The molecule has 2 aliphatic rings. The van der Waals surface area contributed by atoms with E-state index in [0.29, 0.717) is 17.6 Å². The van der Waals surface area contributed by atoms with Crippen molar-refractivity contribution in [1.82, 2.24) is 9.88 Å². The molecule has 1 amide bonds. The summed E-state index contributed by atoms with van der Waals surface area (Å²) in [6.07, 6.45) is 10.1. The van der Waals surface area contributed by atoms with Gasteiger partial charge in [0.25, 0.3) is 0 Å². The lowest BCUT2D eigenvalue weighted by molar-refractivity contribution is -0.132. The van der Waals surface area contributed by atoms with Crippen molar-refractivity contribution in [3.05, 3.63) is 65.5 Å². The molecular formula is C24H28N2O2. The predicted octanol–water partition coefficient (Wildman–Crippen LogP) is 4.19. The zero-order chi connectivity index (χ0) is 19.9. The molecule has 1 unspecified atom stereocenters. The third-order valence-electron chi connectivity index (χ3n) is 6.94. The van der Waals surface area contributed by atoms with E-state index < -0.39 is 0 Å². The number of phenols is 1. The number of likely N-dealkylation sites (N-methyl/N-ethyl adjacent to an activating group) is 1. The zero-order valence-electron chi connectivity index (χ0n) is 16.8. The summed E-state index contributed by atoms with van der Waals surface area (Å²) >= 11 is 0. The summed E-state index contributed by atoms with van der Waals surface area (Å²) < 4.78 is 0. The first-order chi connectivity index (χ1) is 13.4. The number of amides is 1. The van der Waals surface area contributed by atoms with Crippen LogP contribution in [0.15, 0.2) is 48.8 Å². The first kappa shape index (κ1) is 18.7. The molecule has 1 heterocycles. The summed E-state index contributed by atoms with van der Waals surface area (Å²) in [5.74, 6) is 1.32. The van der Waals surface area contributed by atoms with Crippen molar-refractivity contribution in [2.24, 2.45) is 11.8 Å². The molecule has 1 aromatic carbocycles. The molecule has 28 heavy (non-hydrogen) atoms. The van der Waals surface area contributed by atoms with Gasteiger partial charge in [-0.1, -0.05) is 26.0 Å². The molecule has 4 atom stereocenters. The summed E-state index contributed by atoms with van der Waals surface area (Å²) in [7, 11) is 1.93. The second kappa shape index (κ2) is 7.08. The van der Waals surface area contributed by atoms with Gasteiger partial charge in [-0.15, -0.1) is 0 Å². The molecule has 1 saturated carbocycles. The van der Waals surface area contributed by atoms with Crippen molar-refractivity contribution in [3.63, 3.8) is 0 Å². The van der Waals surface area contributed by atoms with Crippen molar-refractivity contribution in [1.29, 1.82) is 0 Å². The highest BCUT2D eigenvalue weighted by Crippen LogP contribution is 2.52. The number of hydrogen-bond donors (Lipinski definition) is 1. The van der Waals surface area contributed by atoms with E-state index in [4.69, 9.17) is 0 Å². The van der Waals surface area contributed by atoms with E-state index in [1.54, 1.807) is 24.5 Å². The normalized spacial score (nSPS) is 28.8. The molecule has 1 fully saturated rings. The predicted molar refractivity (Wildman–Crippen MR) is 111 cm³/mol. The Kier molecular flexibility index (Phi) is 4.74. The van der Waals surface area contributed by atoms with Gasteiger partial charge < -0.3 is 10.0 Å². The quantitative estimate of drug-likeness (QED) is 0.818. The van der Waals surface area contributed by atoms with Crippen molar-refractivity contribution in [2.45, 2.75) is 44.6 Å². The van der Waals surface area contributed by atoms with Crippen LogP contribution in [0.5, 0.6) is 5.75 Å². The molecule has 1 N–H and O–H groups in total. The van der Waals surface area contributed by atoms with Gasteiger partial charge in [-0.05, 0) is 72.1 Å². The number of hydrogen-bond acceptors (Lipinski definition) is 3. The maximum Gasteiger partial charge on any atom is 0.246 e. The third-order valence-corrected chi connectivity index (χ3v) is 6.94. The lowest BCUT2D eigenvalue weighted by Gasteiger charge is -2.56. The van der Waals surface area contributed by atoms with Crippen LogP contribution in [-0.4, -0.2) is 34.0 Å². The average Bonchev–Trinajstić information content (AvgIpc) is 2.70. The van der Waals surface area contributed by atoms with E-state index in [2.05, 4.69) is 24.9 Å². The van der Waals surface area contributed by atoms with Crippen LogP contribution in [0.4, 0.5) is 0 Å². The van der Waals surface area contributed by atoms with Crippen LogP contribution < -0.4 is 0 Å². The minimum Gasteiger partial charge on any atom is -0.508 e. The van der Waals surface area contributed by atoms with Crippen LogP contribution in [0, 0.1) is 11.8 Å². The van der Waals surface area contributed by atoms with Crippen molar-refractivity contribution < 1.29 is 9.90 Å². The summed E-state index contributed by atoms with van der Waals surface area (Å²) in [6.45, 7) is 4.58. The van der Waals surface area contributed by atoms with E-state index in [0.717, 1.165) is 24.8 Å². The fraction of sp³-hybridized carbons (Fsp3) is 0.417. The van der Waals surface area contributed by atoms with Crippen molar-refractivity contribution in [2.75, 3.05) is 7.05 Å². The number of rotatable bonds is 3. The Morgan fingerprint density at radius 2 is 2.18 bits per heavy atom. The SMILES string of the molecule is CC1CC[C@@]2(C)c3cc(O)ccc3C[C@@H]1[C@@H]2N(C)C(=O)/C=C/c1cccnc1. The fourth-order valence-corrected chi connectivity index (χ4v) is 5.42. The maximum absolute atomic E-state index is 13.0. The molecule has 0 radical (unpaired) electrons. The van der Waals surface area contributed by atoms with Crippen LogP contribution in [0.3, 0.4) is 0 Å². The summed E-state index contributed by atoms with van der Waals surface area (Å²) in [6, 6.07) is 9.69. The van der Waals surface area contributed by atoms with Crippen LogP contribution in [-0.2, 0) is 16.6 Å². The Labute approximate surface area is 166 Å². The number of carbonyl (C=O) groups is 1. The van der Waals surface area contributed by atoms with Gasteiger partial charge in [0.2, 0.25) is 5.91 Å². The highest BCUT2D eigenvalue weighted by Gasteiger charge is 2.52. The molecule has 2 bridgehead atoms. The van der Waals surface area contributed by atoms with E-state index in [1.165, 1.54) is 11.1 Å². The van der Waals surface area contributed by atoms with Crippen LogP contribution in [0.2, 0.25) is 0 Å². The molecule has 4 rings (SSSR count). The van der Waals surface area contributed by atoms with Crippen LogP contribution in [0.25, 0.3) is 6.08 Å². The number of fused-ring (bicyclic) bond motifs is 4. The first-order valence-electron chi connectivity index (χ1n) is 10.1. The third kappa shape index (κ3) is 3.11. The van der Waals surface area contributed by atoms with E-state index in [1.807, 2.05) is 36.2 Å². The second-order valence-electron chi connectivity index (χ2n) is 8.66. The Morgan fingerprint density at radius 1 is 1.36 bits per heavy atom. The molecule has 146 valence electrons. The van der Waals surface area contributed by atoms with Gasteiger partial charge in [0.05, 0.1) is 0 Å². The van der Waals surface area contributed by atoms with Gasteiger partial charge in [-0.25, -0.2) is 0 Å². The van der Waals surface area contributed by atoms with E-state index in [-0.39, 0.29) is 17.4 Å². The van der Waals surface area contributed by atoms with E-state index >= 15 is 0 Å². The summed E-state index contributed by atoms with van der Waals surface area (Å²) in [5.41, 5.74) is 3.30. The highest BCUT2D eigenvalue weighted by atomic mass is 16.3. The van der Waals surface area contributed by atoms with Crippen LogP contribution in [0.1, 0.15) is 43.4 Å². The van der Waals surface area contributed by atoms with E-state index in [9.17, 15) is 9.90 Å². The molecular weight excluding hydrogens is 348 g/mol. The second-order valence-corrected chi connectivity index (χ2v) is 8.66. The number of aromatic hydroxyl groups is 1. The van der Waals surface area contributed by atoms with Gasteiger partial charge in [0.15, 0.2) is 0 Å². The average molecular weight is 377 g/mol. The Morgan fingerprint density at radius 3 is 2.93 bits per heavy atom. The molecule has 4 heteroatoms. The zero-order valence-corrected chi connectivity index (χ0v) is 16.8. The molecule has 2 aromatic rings. The standard InChI is InChI=1S/C24H28N2O2/c1-16-10-11-24(2)21-14-19(27)8-7-18(21)13-20(16)23(24)26(3)22(28)9-6-17-5-4-12-25-15-17/h4-9,12,14-16,20,23,27H,10-11,13H2,1-3H3/b9-6+/t16?,20-,23-,24-/m0/s1. The number of aromatic nitrogens is 1. The smallest absolute Gasteiger partial charge is 0.246 e. The fourth-order valence-electron chi connectivity index (χ4n) is 5.42. The largest absolute Gasteiger partial charge is 0.508 e. The van der Waals surface area contributed by atoms with Gasteiger partial charge >= 0.3 is 0 Å². The van der Waals surface area contributed by atoms with Crippen LogP contribution >= 0.6 is 0 Å². The summed E-state index contributed by atoms with van der Waals surface area (Å²) in [4.78, 5) is 19.1. The van der Waals surface area contributed by atoms with Gasteiger partial charge in [-0.3, -0.25) is 9.78 Å². The van der Waals surface area contributed by atoms with Crippen molar-refractivity contribution in [3.8, 4) is 5.75 Å². The lowest BCUT2D eigenvalue weighted by atomic mass is 9.54. The number of phenolic OH excluding ortho intramolecular Hbond substituents is 1. The van der Waals surface area contributed by atoms with Gasteiger partial charge in [-0.2, -0.15) is 0 Å².